The van der Waals surface area contributed by atoms with E-state index < -0.39 is 17.9 Å². The molecule has 1 heterocycles. The number of carboxylic acid groups (broad SMARTS) is 1. The van der Waals surface area contributed by atoms with Gasteiger partial charge in [0, 0.05) is 0 Å². The summed E-state index contributed by atoms with van der Waals surface area (Å²) in [6, 6.07) is 4.26. The van der Waals surface area contributed by atoms with Crippen LogP contribution in [0.5, 0.6) is 5.75 Å². The molecule has 1 saturated heterocycles. The molecule has 0 N–H and O–H groups in total. The molecule has 1 aliphatic heterocycles. The lowest BCUT2D eigenvalue weighted by Gasteiger charge is -2.23. The number of rotatable bonds is 4. The van der Waals surface area contributed by atoms with Gasteiger partial charge in [-0.2, -0.15) is 0 Å². The number of hydrogen-bond acceptors (Lipinski definition) is 6. The predicted octanol–water partition coefficient (Wildman–Crippen LogP) is 1.80. The van der Waals surface area contributed by atoms with Gasteiger partial charge in [0.15, 0.2) is 0 Å². The number of aliphatic carboxylic acids is 1. The van der Waals surface area contributed by atoms with E-state index in [0.717, 1.165) is 26.7 Å². The van der Waals surface area contributed by atoms with Crippen molar-refractivity contribution in [3.63, 3.8) is 0 Å². The van der Waals surface area contributed by atoms with Crippen LogP contribution in [-0.4, -0.2) is 34.2 Å². The molecule has 1 aromatic rings. The van der Waals surface area contributed by atoms with Crippen molar-refractivity contribution in [3.8, 4) is 5.75 Å². The Morgan fingerprint density at radius 2 is 2.23 bits per heavy atom. The Hall–Kier alpha value is -1.38. The van der Waals surface area contributed by atoms with Gasteiger partial charge in [-0.15, -0.1) is 0 Å². The van der Waals surface area contributed by atoms with Crippen molar-refractivity contribution < 1.29 is 19.4 Å². The minimum absolute atomic E-state index is 0.209. The molecule has 0 aromatic heterocycles. The molecule has 1 fully saturated rings. The topological polar surface area (TPSA) is 69.7 Å². The maximum absolute atomic E-state index is 12.3. The van der Waals surface area contributed by atoms with Gasteiger partial charge in [-0.3, -0.25) is 9.69 Å². The van der Waals surface area contributed by atoms with Crippen molar-refractivity contribution in [1.29, 1.82) is 0 Å². The van der Waals surface area contributed by atoms with Gasteiger partial charge >= 0.3 is 0 Å². The van der Waals surface area contributed by atoms with Crippen LogP contribution >= 0.6 is 39.9 Å². The van der Waals surface area contributed by atoms with Crippen molar-refractivity contribution in [2.45, 2.75) is 13.0 Å². The van der Waals surface area contributed by atoms with Crippen molar-refractivity contribution in [2.75, 3.05) is 7.11 Å². The molecule has 22 heavy (non-hydrogen) atoms. The predicted molar refractivity (Wildman–Crippen MR) is 90.2 cm³/mol. The minimum Gasteiger partial charge on any atom is -0.548 e. The Bertz CT molecular complexity index is 689. The number of carbonyl (C=O) groups is 2. The summed E-state index contributed by atoms with van der Waals surface area (Å²) in [5.41, 5.74) is 0.772. The third-order valence-electron chi connectivity index (χ3n) is 3.03. The normalized spacial score (nSPS) is 18.0. The van der Waals surface area contributed by atoms with Gasteiger partial charge in [-0.1, -0.05) is 30.0 Å². The molecule has 0 spiro atoms. The summed E-state index contributed by atoms with van der Waals surface area (Å²) in [6.07, 6.45) is 1.66. The van der Waals surface area contributed by atoms with E-state index in [1.807, 2.05) is 0 Å². The van der Waals surface area contributed by atoms with E-state index in [9.17, 15) is 14.7 Å². The first-order valence-corrected chi connectivity index (χ1v) is 8.18. The van der Waals surface area contributed by atoms with Gasteiger partial charge in [0.2, 0.25) is 0 Å². The van der Waals surface area contributed by atoms with E-state index in [0.29, 0.717) is 10.7 Å². The number of nitrogens with zero attached hydrogens (tertiary/aromatic N) is 1. The summed E-state index contributed by atoms with van der Waals surface area (Å²) in [7, 11) is 1.56. The van der Waals surface area contributed by atoms with Gasteiger partial charge < -0.3 is 14.6 Å². The second-order valence-electron chi connectivity index (χ2n) is 4.44. The first-order valence-electron chi connectivity index (χ1n) is 6.16. The van der Waals surface area contributed by atoms with E-state index >= 15 is 0 Å². The Balaban J connectivity index is 2.30. The lowest BCUT2D eigenvalue weighted by atomic mass is 10.2. The molecule has 1 aliphatic rings. The molecule has 2 rings (SSSR count). The number of thioether (sulfide) groups is 1. The van der Waals surface area contributed by atoms with Crippen LogP contribution in [0, 0.1) is 0 Å². The first-order chi connectivity index (χ1) is 10.3. The van der Waals surface area contributed by atoms with Gasteiger partial charge in [-0.25, -0.2) is 0 Å². The Morgan fingerprint density at radius 1 is 1.55 bits per heavy atom. The second kappa shape index (κ2) is 6.80. The van der Waals surface area contributed by atoms with E-state index in [1.54, 1.807) is 31.4 Å². The summed E-state index contributed by atoms with van der Waals surface area (Å²) >= 11 is 9.52. The quantitative estimate of drug-likeness (QED) is 0.566. The highest BCUT2D eigenvalue weighted by Crippen LogP contribution is 2.35. The molecule has 1 atom stereocenters. The van der Waals surface area contributed by atoms with Crippen molar-refractivity contribution >= 4 is 62.2 Å². The fraction of sp³-hybridized carbons (Fsp3) is 0.214. The number of halogens is 1. The monoisotopic (exact) mass is 400 g/mol. The summed E-state index contributed by atoms with van der Waals surface area (Å²) in [5, 5.41) is 10.9. The van der Waals surface area contributed by atoms with Gasteiger partial charge in [0.1, 0.15) is 10.1 Å². The molecule has 0 unspecified atom stereocenters. The summed E-state index contributed by atoms with van der Waals surface area (Å²) in [5.74, 6) is -1.10. The van der Waals surface area contributed by atoms with Crippen LogP contribution in [0.15, 0.2) is 27.6 Å². The SMILES string of the molecule is COc1ccc(C=C2SC(=S)N([C@@H](C)C(=O)[O-])C2=O)cc1Br. The molecule has 1 amide bonds. The molecule has 116 valence electrons. The fourth-order valence-corrected chi connectivity index (χ4v) is 3.82. The number of benzene rings is 1. The van der Waals surface area contributed by atoms with E-state index in [-0.39, 0.29) is 4.32 Å². The lowest BCUT2D eigenvalue weighted by Crippen LogP contribution is -2.48. The number of thiocarbonyl (C=S) groups is 1. The van der Waals surface area contributed by atoms with Crippen LogP contribution in [0.2, 0.25) is 0 Å². The fourth-order valence-electron chi connectivity index (χ4n) is 1.84. The minimum atomic E-state index is -1.34. The Morgan fingerprint density at radius 3 is 2.77 bits per heavy atom. The van der Waals surface area contributed by atoms with Crippen LogP contribution in [0.3, 0.4) is 0 Å². The number of amides is 1. The maximum Gasteiger partial charge on any atom is 0.266 e. The maximum atomic E-state index is 12.3. The number of carbonyl (C=O) groups excluding carboxylic acids is 2. The van der Waals surface area contributed by atoms with Gasteiger partial charge in [-0.05, 0) is 46.6 Å². The number of ether oxygens (including phenoxy) is 1. The van der Waals surface area contributed by atoms with Gasteiger partial charge in [0.05, 0.1) is 28.5 Å². The zero-order chi connectivity index (χ0) is 16.4. The highest BCUT2D eigenvalue weighted by molar-refractivity contribution is 9.10. The third-order valence-corrected chi connectivity index (χ3v) is 4.98. The zero-order valence-corrected chi connectivity index (χ0v) is 14.9. The van der Waals surface area contributed by atoms with Crippen LogP contribution in [0.4, 0.5) is 0 Å². The average molecular weight is 401 g/mol. The van der Waals surface area contributed by atoms with Crippen molar-refractivity contribution in [3.05, 3.63) is 33.1 Å². The Labute approximate surface area is 145 Å². The molecular weight excluding hydrogens is 390 g/mol. The first kappa shape index (κ1) is 17.0. The number of hydrogen-bond donors (Lipinski definition) is 0. The van der Waals surface area contributed by atoms with E-state index in [4.69, 9.17) is 17.0 Å². The zero-order valence-electron chi connectivity index (χ0n) is 11.7. The molecule has 8 heteroatoms. The van der Waals surface area contributed by atoms with E-state index in [1.165, 1.54) is 6.92 Å². The molecule has 5 nitrogen and oxygen atoms in total. The molecule has 0 aliphatic carbocycles. The molecule has 0 saturated carbocycles. The molecular formula is C14H11BrNO4S2-. The van der Waals surface area contributed by atoms with Crippen molar-refractivity contribution in [2.24, 2.45) is 0 Å². The van der Waals surface area contributed by atoms with Crippen LogP contribution in [0.25, 0.3) is 6.08 Å². The number of carboxylic acids is 1. The lowest BCUT2D eigenvalue weighted by molar-refractivity contribution is -0.309. The smallest absolute Gasteiger partial charge is 0.266 e. The summed E-state index contributed by atoms with van der Waals surface area (Å²) in [4.78, 5) is 24.7. The summed E-state index contributed by atoms with van der Waals surface area (Å²) in [6.45, 7) is 1.37. The van der Waals surface area contributed by atoms with Gasteiger partial charge in [0.25, 0.3) is 5.91 Å². The standard InChI is InChI=1S/C14H12BrNO4S2/c1-7(13(18)19)16-12(17)11(22-14(16)21)6-8-3-4-10(20-2)9(15)5-8/h3-7H,1-2H3,(H,18,19)/p-1/t7-/m0/s1. The average Bonchev–Trinajstić information content (AvgIpc) is 2.73. The van der Waals surface area contributed by atoms with Crippen LogP contribution < -0.4 is 9.84 Å². The largest absolute Gasteiger partial charge is 0.548 e. The molecule has 1 aromatic carbocycles. The second-order valence-corrected chi connectivity index (χ2v) is 6.97. The molecule has 0 bridgehead atoms. The summed E-state index contributed by atoms with van der Waals surface area (Å²) < 4.78 is 6.10. The van der Waals surface area contributed by atoms with Crippen LogP contribution in [0.1, 0.15) is 12.5 Å². The molecule has 0 radical (unpaired) electrons. The highest BCUT2D eigenvalue weighted by atomic mass is 79.9. The highest BCUT2D eigenvalue weighted by Gasteiger charge is 2.35. The van der Waals surface area contributed by atoms with Crippen LogP contribution in [-0.2, 0) is 9.59 Å². The Kier molecular flexibility index (Phi) is 5.25. The van der Waals surface area contributed by atoms with Crippen molar-refractivity contribution in [1.82, 2.24) is 4.90 Å². The number of methoxy groups -OCH3 is 1. The third kappa shape index (κ3) is 3.34. The van der Waals surface area contributed by atoms with E-state index in [2.05, 4.69) is 15.9 Å².